The second-order valence-corrected chi connectivity index (χ2v) is 13.1. The van der Waals surface area contributed by atoms with Gasteiger partial charge in [0.25, 0.3) is 0 Å². The molecule has 202 valence electrons. The minimum Gasteiger partial charge on any atom is -0.508 e. The summed E-state index contributed by atoms with van der Waals surface area (Å²) in [4.78, 5) is 12.5. The van der Waals surface area contributed by atoms with Gasteiger partial charge < -0.3 is 24.4 Å². The second-order valence-electron chi connectivity index (χ2n) is 10.7. The van der Waals surface area contributed by atoms with Crippen molar-refractivity contribution in [2.24, 2.45) is 0 Å². The number of carbonyl (C=O) groups is 1. The maximum absolute atomic E-state index is 12.5. The fourth-order valence-corrected chi connectivity index (χ4v) is 7.09. The van der Waals surface area contributed by atoms with E-state index in [0.29, 0.717) is 22.8 Å². The van der Waals surface area contributed by atoms with Crippen LogP contribution in [0.5, 0.6) is 28.7 Å². The van der Waals surface area contributed by atoms with Crippen molar-refractivity contribution in [1.29, 1.82) is 0 Å². The maximum atomic E-state index is 12.5. The number of phenols is 2. The van der Waals surface area contributed by atoms with Crippen molar-refractivity contribution in [3.8, 4) is 28.7 Å². The molecule has 1 aliphatic heterocycles. The fourth-order valence-electron chi connectivity index (χ4n) is 5.20. The SMILES string of the molecule is CC(C)(C)OC(=O)Oc1ccc2ccc3c(c2c1)C(c1cc(I)cc(I)c1O)c1c(ccc2ccc(O)cc12)O3. The van der Waals surface area contributed by atoms with E-state index in [1.54, 1.807) is 45.0 Å². The van der Waals surface area contributed by atoms with Gasteiger partial charge in [-0.25, -0.2) is 4.79 Å². The number of benzene rings is 5. The molecule has 1 heterocycles. The van der Waals surface area contributed by atoms with Gasteiger partial charge in [-0.2, -0.15) is 0 Å². The number of halogens is 2. The smallest absolute Gasteiger partial charge is 0.508 e. The summed E-state index contributed by atoms with van der Waals surface area (Å²) in [6.45, 7) is 5.34. The maximum Gasteiger partial charge on any atom is 0.514 e. The molecular formula is C32H24I2O6. The van der Waals surface area contributed by atoms with E-state index in [2.05, 4.69) is 45.2 Å². The number of phenolic OH excluding ortho intramolecular Hbond substituents is 2. The normalized spacial score (nSPS) is 14.4. The number of rotatable bonds is 2. The van der Waals surface area contributed by atoms with Crippen LogP contribution < -0.4 is 9.47 Å². The monoisotopic (exact) mass is 758 g/mol. The highest BCUT2D eigenvalue weighted by Gasteiger charge is 2.34. The van der Waals surface area contributed by atoms with Crippen LogP contribution >= 0.6 is 45.2 Å². The topological polar surface area (TPSA) is 85.2 Å². The van der Waals surface area contributed by atoms with Gasteiger partial charge in [0.2, 0.25) is 0 Å². The van der Waals surface area contributed by atoms with Gasteiger partial charge in [0.05, 0.1) is 3.57 Å². The van der Waals surface area contributed by atoms with E-state index in [1.807, 2.05) is 48.5 Å². The molecule has 0 saturated carbocycles. The van der Waals surface area contributed by atoms with Gasteiger partial charge in [-0.15, -0.1) is 0 Å². The molecule has 6 nitrogen and oxygen atoms in total. The molecule has 0 radical (unpaired) electrons. The molecule has 0 bridgehead atoms. The zero-order chi connectivity index (χ0) is 28.3. The van der Waals surface area contributed by atoms with Gasteiger partial charge in [-0.3, -0.25) is 0 Å². The van der Waals surface area contributed by atoms with Crippen LogP contribution in [0, 0.1) is 7.14 Å². The van der Waals surface area contributed by atoms with E-state index >= 15 is 0 Å². The first-order valence-electron chi connectivity index (χ1n) is 12.6. The lowest BCUT2D eigenvalue weighted by atomic mass is 9.78. The van der Waals surface area contributed by atoms with Crippen molar-refractivity contribution in [2.75, 3.05) is 0 Å². The van der Waals surface area contributed by atoms with E-state index in [0.717, 1.165) is 39.8 Å². The number of carbonyl (C=O) groups excluding carboxylic acids is 1. The molecule has 0 aromatic heterocycles. The number of ether oxygens (including phenoxy) is 3. The minimum absolute atomic E-state index is 0.137. The summed E-state index contributed by atoms with van der Waals surface area (Å²) in [7, 11) is 0. The molecule has 40 heavy (non-hydrogen) atoms. The van der Waals surface area contributed by atoms with Crippen LogP contribution in [0.25, 0.3) is 21.5 Å². The molecule has 8 heteroatoms. The summed E-state index contributed by atoms with van der Waals surface area (Å²) in [5.74, 6) is 1.47. The summed E-state index contributed by atoms with van der Waals surface area (Å²) in [6, 6.07) is 22.3. The Morgan fingerprint density at radius 1 is 0.825 bits per heavy atom. The van der Waals surface area contributed by atoms with Crippen molar-refractivity contribution in [3.63, 3.8) is 0 Å². The number of hydrogen-bond acceptors (Lipinski definition) is 6. The van der Waals surface area contributed by atoms with E-state index in [-0.39, 0.29) is 11.5 Å². The van der Waals surface area contributed by atoms with Crippen molar-refractivity contribution in [2.45, 2.75) is 32.3 Å². The highest BCUT2D eigenvalue weighted by molar-refractivity contribution is 14.1. The molecule has 1 aliphatic rings. The number of aromatic hydroxyl groups is 2. The Morgan fingerprint density at radius 2 is 1.43 bits per heavy atom. The highest BCUT2D eigenvalue weighted by Crippen LogP contribution is 2.54. The van der Waals surface area contributed by atoms with E-state index in [1.165, 1.54) is 0 Å². The molecule has 0 spiro atoms. The Hall–Kier alpha value is -3.25. The van der Waals surface area contributed by atoms with Crippen LogP contribution in [-0.4, -0.2) is 22.0 Å². The first kappa shape index (κ1) is 26.9. The Morgan fingerprint density at radius 3 is 2.08 bits per heavy atom. The number of fused-ring (bicyclic) bond motifs is 6. The first-order valence-corrected chi connectivity index (χ1v) is 14.7. The van der Waals surface area contributed by atoms with Gasteiger partial charge in [0, 0.05) is 26.2 Å². The second kappa shape index (κ2) is 9.99. The lowest BCUT2D eigenvalue weighted by Crippen LogP contribution is -2.25. The summed E-state index contributed by atoms with van der Waals surface area (Å²) in [5.41, 5.74) is 1.68. The minimum atomic E-state index is -0.791. The van der Waals surface area contributed by atoms with Gasteiger partial charge >= 0.3 is 6.16 Å². The standard InChI is InChI=1S/C32H24I2O6/c1-32(2,3)40-31(37)38-20-9-5-17-7-11-26-28(22(17)15-20)29(23-12-18(33)13-24(34)30(23)36)27-21-14-19(35)8-4-16(21)6-10-25(27)39-26/h4-15,29,35-36H,1-3H3. The van der Waals surface area contributed by atoms with Gasteiger partial charge in [0.15, 0.2) is 0 Å². The zero-order valence-corrected chi connectivity index (χ0v) is 26.1. The summed E-state index contributed by atoms with van der Waals surface area (Å²) < 4.78 is 19.1. The molecule has 1 unspecified atom stereocenters. The Bertz CT molecular complexity index is 1840. The van der Waals surface area contributed by atoms with E-state index < -0.39 is 17.7 Å². The average molecular weight is 758 g/mol. The highest BCUT2D eigenvalue weighted by atomic mass is 127. The average Bonchev–Trinajstić information content (AvgIpc) is 2.88. The fraction of sp³-hybridized carbons (Fsp3) is 0.156. The third kappa shape index (κ3) is 4.91. The zero-order valence-electron chi connectivity index (χ0n) is 21.8. The lowest BCUT2D eigenvalue weighted by Gasteiger charge is -2.32. The third-order valence-electron chi connectivity index (χ3n) is 6.76. The van der Waals surface area contributed by atoms with Gasteiger partial charge in [-0.1, -0.05) is 24.3 Å². The summed E-state index contributed by atoms with van der Waals surface area (Å²) >= 11 is 4.40. The predicted molar refractivity (Wildman–Crippen MR) is 171 cm³/mol. The van der Waals surface area contributed by atoms with Crippen LogP contribution in [0.1, 0.15) is 43.4 Å². The van der Waals surface area contributed by atoms with Gasteiger partial charge in [-0.05, 0) is 136 Å². The van der Waals surface area contributed by atoms with E-state index in [9.17, 15) is 15.0 Å². The van der Waals surface area contributed by atoms with Crippen molar-refractivity contribution >= 4 is 72.9 Å². The molecule has 0 aliphatic carbocycles. The predicted octanol–water partition coefficient (Wildman–Crippen LogP) is 9.21. The van der Waals surface area contributed by atoms with Crippen LogP contribution in [0.3, 0.4) is 0 Å². The van der Waals surface area contributed by atoms with Crippen LogP contribution in [0.2, 0.25) is 0 Å². The van der Waals surface area contributed by atoms with E-state index in [4.69, 9.17) is 14.2 Å². The first-order chi connectivity index (χ1) is 19.0. The molecule has 1 atom stereocenters. The summed E-state index contributed by atoms with van der Waals surface area (Å²) in [5, 5.41) is 25.3. The third-order valence-corrected chi connectivity index (χ3v) is 8.20. The van der Waals surface area contributed by atoms with Crippen molar-refractivity contribution in [3.05, 3.63) is 96.6 Å². The Kier molecular flexibility index (Phi) is 6.73. The molecule has 5 aromatic rings. The lowest BCUT2D eigenvalue weighted by molar-refractivity contribution is 0.0206. The molecule has 0 amide bonds. The molecular weight excluding hydrogens is 734 g/mol. The molecule has 0 saturated heterocycles. The van der Waals surface area contributed by atoms with Crippen LogP contribution in [0.15, 0.2) is 72.8 Å². The quantitative estimate of drug-likeness (QED) is 0.104. The molecule has 5 aromatic carbocycles. The van der Waals surface area contributed by atoms with Crippen LogP contribution in [-0.2, 0) is 4.74 Å². The largest absolute Gasteiger partial charge is 0.514 e. The Balaban J connectivity index is 1.64. The summed E-state index contributed by atoms with van der Waals surface area (Å²) in [6.07, 6.45) is -0.791. The molecule has 0 fully saturated rings. The molecule has 2 N–H and O–H groups in total. The van der Waals surface area contributed by atoms with Crippen LogP contribution in [0.4, 0.5) is 4.79 Å². The Labute approximate surface area is 258 Å². The molecule has 6 rings (SSSR count). The van der Waals surface area contributed by atoms with Crippen molar-refractivity contribution in [1.82, 2.24) is 0 Å². The number of hydrogen-bond donors (Lipinski definition) is 2. The van der Waals surface area contributed by atoms with Crippen molar-refractivity contribution < 1.29 is 29.2 Å². The van der Waals surface area contributed by atoms with Gasteiger partial charge in [0.1, 0.15) is 34.3 Å².